The first-order valence-electron chi connectivity index (χ1n) is 8.98. The number of rotatable bonds is 7. The number of carbonyl (C=O) groups is 2. The van der Waals surface area contributed by atoms with E-state index in [2.05, 4.69) is 15.5 Å². The predicted molar refractivity (Wildman–Crippen MR) is 121 cm³/mol. The Hall–Kier alpha value is -2.56. The zero-order valence-corrected chi connectivity index (χ0v) is 19.0. The van der Waals surface area contributed by atoms with E-state index in [1.54, 1.807) is 18.4 Å². The van der Waals surface area contributed by atoms with Gasteiger partial charge >= 0.3 is 0 Å². The molecule has 0 spiro atoms. The van der Waals surface area contributed by atoms with Gasteiger partial charge in [0.2, 0.25) is 11.9 Å². The van der Waals surface area contributed by atoms with Crippen molar-refractivity contribution in [3.63, 3.8) is 0 Å². The van der Waals surface area contributed by atoms with Gasteiger partial charge in [-0.1, -0.05) is 41.6 Å². The van der Waals surface area contributed by atoms with E-state index in [1.165, 1.54) is 23.1 Å². The third-order valence-electron chi connectivity index (χ3n) is 4.64. The van der Waals surface area contributed by atoms with Gasteiger partial charge in [0, 0.05) is 15.7 Å². The second-order valence-corrected chi connectivity index (χ2v) is 9.18. The van der Waals surface area contributed by atoms with Gasteiger partial charge in [-0.2, -0.15) is 0 Å². The average molecular weight is 465 g/mol. The highest BCUT2D eigenvalue weighted by molar-refractivity contribution is 7.98. The number of nitrogens with one attached hydrogen (secondary N) is 1. The van der Waals surface area contributed by atoms with Crippen molar-refractivity contribution in [1.82, 2.24) is 14.8 Å². The van der Waals surface area contributed by atoms with Crippen molar-refractivity contribution in [2.45, 2.75) is 37.7 Å². The zero-order valence-electron chi connectivity index (χ0n) is 16.6. The molecule has 0 aliphatic rings. The van der Waals surface area contributed by atoms with Crippen LogP contribution in [0.5, 0.6) is 0 Å². The molecule has 0 fully saturated rings. The lowest BCUT2D eigenvalue weighted by molar-refractivity contribution is -0.118. The van der Waals surface area contributed by atoms with Crippen LogP contribution < -0.4 is 16.8 Å². The lowest BCUT2D eigenvalue weighted by Gasteiger charge is -2.16. The molecule has 5 N–H and O–H groups in total. The number of nitrogen functional groups attached to an aromatic ring is 1. The Bertz CT molecular complexity index is 1110. The molecule has 2 aromatic heterocycles. The van der Waals surface area contributed by atoms with Crippen LogP contribution in [0.2, 0.25) is 5.02 Å². The minimum absolute atomic E-state index is 0.118. The first kappa shape index (κ1) is 22.1. The molecule has 8 nitrogen and oxygen atoms in total. The van der Waals surface area contributed by atoms with Gasteiger partial charge in [-0.15, -0.1) is 21.5 Å². The summed E-state index contributed by atoms with van der Waals surface area (Å²) in [5, 5.41) is 12.4. The Morgan fingerprint density at radius 2 is 2.00 bits per heavy atom. The molecule has 1 unspecified atom stereocenters. The van der Waals surface area contributed by atoms with Crippen LogP contribution in [-0.2, 0) is 10.5 Å². The van der Waals surface area contributed by atoms with Crippen LogP contribution in [0, 0.1) is 13.8 Å². The Kier molecular flexibility index (Phi) is 6.69. The predicted octanol–water partition coefficient (Wildman–Crippen LogP) is 3.78. The molecule has 0 saturated heterocycles. The third kappa shape index (κ3) is 4.45. The summed E-state index contributed by atoms with van der Waals surface area (Å²) in [6.45, 7) is 5.35. The van der Waals surface area contributed by atoms with Crippen LogP contribution in [0.15, 0.2) is 29.4 Å². The van der Waals surface area contributed by atoms with Gasteiger partial charge in [-0.25, -0.2) is 0 Å². The Morgan fingerprint density at radius 1 is 1.30 bits per heavy atom. The van der Waals surface area contributed by atoms with E-state index >= 15 is 0 Å². The molecule has 1 atom stereocenters. The number of halogens is 1. The molecule has 0 aliphatic carbocycles. The van der Waals surface area contributed by atoms with Gasteiger partial charge < -0.3 is 16.8 Å². The molecule has 0 bridgehead atoms. The summed E-state index contributed by atoms with van der Waals surface area (Å²) in [5.74, 6) is -0.279. The van der Waals surface area contributed by atoms with Crippen molar-refractivity contribution in [1.29, 1.82) is 0 Å². The summed E-state index contributed by atoms with van der Waals surface area (Å²) in [5.41, 5.74) is 13.5. The Balaban J connectivity index is 1.80. The number of aromatic nitrogens is 3. The average Bonchev–Trinajstić information content (AvgIpc) is 3.19. The van der Waals surface area contributed by atoms with Crippen LogP contribution >= 0.6 is 34.7 Å². The number of nitrogens with zero attached hydrogens (tertiary/aromatic N) is 3. The number of thioether (sulfide) groups is 1. The monoisotopic (exact) mass is 464 g/mol. The highest BCUT2D eigenvalue weighted by atomic mass is 35.5. The Labute approximate surface area is 187 Å². The molecule has 0 saturated carbocycles. The molecule has 0 aliphatic heterocycles. The molecular weight excluding hydrogens is 444 g/mol. The fourth-order valence-electron chi connectivity index (χ4n) is 2.85. The number of amides is 2. The number of hydrogen-bond acceptors (Lipinski definition) is 7. The van der Waals surface area contributed by atoms with Crippen molar-refractivity contribution in [2.24, 2.45) is 5.73 Å². The summed E-state index contributed by atoms with van der Waals surface area (Å²) in [6, 6.07) is 6.78. The second kappa shape index (κ2) is 9.07. The maximum absolute atomic E-state index is 12.9. The fourth-order valence-corrected chi connectivity index (χ4v) is 5.23. The SMILES string of the molecule is Cc1sc(NC(=O)C(C)n2c(N)nnc2SCc2ccccc2Cl)c(C(N)=O)c1C. The number of thiophene rings is 1. The van der Waals surface area contributed by atoms with Gasteiger partial charge in [0.25, 0.3) is 5.91 Å². The van der Waals surface area contributed by atoms with Crippen LogP contribution in [0.4, 0.5) is 10.9 Å². The minimum Gasteiger partial charge on any atom is -0.368 e. The molecule has 3 aromatic rings. The van der Waals surface area contributed by atoms with Crippen LogP contribution in [0.25, 0.3) is 0 Å². The number of primary amides is 1. The van der Waals surface area contributed by atoms with Crippen molar-refractivity contribution in [2.75, 3.05) is 11.1 Å². The standard InChI is InChI=1S/C19H21ClN6O2S2/c1-9-11(3)30-17(14(9)15(21)27)23-16(28)10(2)26-18(22)24-25-19(26)29-8-12-6-4-5-7-13(12)20/h4-7,10H,8H2,1-3H3,(H2,21,27)(H2,22,24)(H,23,28). The van der Waals surface area contributed by atoms with E-state index in [0.717, 1.165) is 16.0 Å². The van der Waals surface area contributed by atoms with Gasteiger partial charge in [0.05, 0.1) is 5.56 Å². The number of carbonyl (C=O) groups excluding carboxylic acids is 2. The molecule has 0 radical (unpaired) electrons. The molecule has 11 heteroatoms. The van der Waals surface area contributed by atoms with E-state index < -0.39 is 11.9 Å². The topological polar surface area (TPSA) is 129 Å². The molecule has 1 aromatic carbocycles. The largest absolute Gasteiger partial charge is 0.368 e. The quantitative estimate of drug-likeness (QED) is 0.456. The van der Waals surface area contributed by atoms with Crippen LogP contribution in [-0.4, -0.2) is 26.6 Å². The fraction of sp³-hybridized carbons (Fsp3) is 0.263. The molecule has 2 amide bonds. The number of anilines is 2. The number of aryl methyl sites for hydroxylation is 1. The summed E-state index contributed by atoms with van der Waals surface area (Å²) < 4.78 is 1.55. The maximum Gasteiger partial charge on any atom is 0.251 e. The summed E-state index contributed by atoms with van der Waals surface area (Å²) >= 11 is 8.89. The first-order valence-corrected chi connectivity index (χ1v) is 11.2. The van der Waals surface area contributed by atoms with E-state index in [1.807, 2.05) is 31.2 Å². The number of nitrogens with two attached hydrogens (primary N) is 2. The summed E-state index contributed by atoms with van der Waals surface area (Å²) in [7, 11) is 0. The highest BCUT2D eigenvalue weighted by Crippen LogP contribution is 2.33. The molecule has 3 rings (SSSR count). The Morgan fingerprint density at radius 3 is 2.67 bits per heavy atom. The van der Waals surface area contributed by atoms with Crippen molar-refractivity contribution < 1.29 is 9.59 Å². The normalized spacial score (nSPS) is 12.0. The number of hydrogen-bond donors (Lipinski definition) is 3. The molecule has 30 heavy (non-hydrogen) atoms. The first-order chi connectivity index (χ1) is 14.2. The highest BCUT2D eigenvalue weighted by Gasteiger charge is 2.25. The van der Waals surface area contributed by atoms with Gasteiger partial charge in [-0.05, 0) is 38.0 Å². The van der Waals surface area contributed by atoms with Crippen molar-refractivity contribution >= 4 is 57.5 Å². The van der Waals surface area contributed by atoms with E-state index in [9.17, 15) is 9.59 Å². The zero-order chi connectivity index (χ0) is 22.0. The van der Waals surface area contributed by atoms with E-state index in [0.29, 0.717) is 26.5 Å². The lowest BCUT2D eigenvalue weighted by Crippen LogP contribution is -2.26. The van der Waals surface area contributed by atoms with Crippen molar-refractivity contribution in [3.8, 4) is 0 Å². The van der Waals surface area contributed by atoms with E-state index in [-0.39, 0.29) is 11.9 Å². The molecular formula is C19H21ClN6O2S2. The van der Waals surface area contributed by atoms with Gasteiger partial charge in [0.15, 0.2) is 5.16 Å². The maximum atomic E-state index is 12.9. The summed E-state index contributed by atoms with van der Waals surface area (Å²) in [4.78, 5) is 25.6. The smallest absolute Gasteiger partial charge is 0.251 e. The third-order valence-corrected chi connectivity index (χ3v) is 7.12. The number of benzene rings is 1. The second-order valence-electron chi connectivity index (χ2n) is 6.61. The van der Waals surface area contributed by atoms with Gasteiger partial charge in [0.1, 0.15) is 11.0 Å². The van der Waals surface area contributed by atoms with Crippen LogP contribution in [0.1, 0.15) is 39.3 Å². The van der Waals surface area contributed by atoms with Gasteiger partial charge in [-0.3, -0.25) is 14.2 Å². The molecule has 2 heterocycles. The molecule has 158 valence electrons. The summed E-state index contributed by atoms with van der Waals surface area (Å²) in [6.07, 6.45) is 0. The van der Waals surface area contributed by atoms with E-state index in [4.69, 9.17) is 23.1 Å². The van der Waals surface area contributed by atoms with Crippen molar-refractivity contribution in [3.05, 3.63) is 50.9 Å². The van der Waals surface area contributed by atoms with Crippen LogP contribution in [0.3, 0.4) is 0 Å². The lowest BCUT2D eigenvalue weighted by atomic mass is 10.1. The minimum atomic E-state index is -0.711.